The number of aromatic amines is 1. The summed E-state index contributed by atoms with van der Waals surface area (Å²) in [5.41, 5.74) is 3.95. The number of aromatic nitrogens is 1. The fourth-order valence-corrected chi connectivity index (χ4v) is 5.48. The van der Waals surface area contributed by atoms with Crippen molar-refractivity contribution in [3.8, 4) is 0 Å². The lowest BCUT2D eigenvalue weighted by atomic mass is 10.0. The van der Waals surface area contributed by atoms with Gasteiger partial charge in [-0.2, -0.15) is 0 Å². The zero-order valence-electron chi connectivity index (χ0n) is 19.7. The summed E-state index contributed by atoms with van der Waals surface area (Å²) in [5.74, 6) is -0.309. The molecule has 180 valence electrons. The molecule has 1 aliphatic heterocycles. The third-order valence-electron chi connectivity index (χ3n) is 6.33. The Morgan fingerprint density at radius 1 is 1.21 bits per heavy atom. The predicted molar refractivity (Wildman–Crippen MR) is 132 cm³/mol. The largest absolute Gasteiger partial charge is 0.371 e. The second-order valence-electron chi connectivity index (χ2n) is 8.73. The van der Waals surface area contributed by atoms with E-state index in [0.29, 0.717) is 42.1 Å². The van der Waals surface area contributed by atoms with Gasteiger partial charge in [0.15, 0.2) is 0 Å². The molecule has 0 saturated carbocycles. The van der Waals surface area contributed by atoms with Crippen LogP contribution in [0, 0.1) is 20.8 Å². The Bertz CT molecular complexity index is 1220. The van der Waals surface area contributed by atoms with E-state index in [2.05, 4.69) is 15.2 Å². The fraction of sp³-hybridized carbons (Fsp3) is 0.478. The van der Waals surface area contributed by atoms with Gasteiger partial charge < -0.3 is 15.2 Å². The molecule has 0 unspecified atom stereocenters. The molecular formula is C23H31ClN4O4S. The number of hydrogen-bond acceptors (Lipinski definition) is 5. The number of nitrogens with zero attached hydrogens (tertiary/aromatic N) is 2. The molecule has 0 atom stereocenters. The Balaban J connectivity index is 1.78. The number of hydrogen-bond donors (Lipinski definition) is 2. The number of rotatable bonds is 6. The average Bonchev–Trinajstić information content (AvgIpc) is 2.73. The first-order valence-corrected chi connectivity index (χ1v) is 13.1. The van der Waals surface area contributed by atoms with E-state index in [1.807, 2.05) is 40.0 Å². The highest BCUT2D eigenvalue weighted by Gasteiger charge is 2.28. The van der Waals surface area contributed by atoms with Gasteiger partial charge >= 0.3 is 0 Å². The van der Waals surface area contributed by atoms with Gasteiger partial charge in [-0.05, 0) is 62.9 Å². The van der Waals surface area contributed by atoms with Gasteiger partial charge in [-0.1, -0.05) is 11.6 Å². The molecule has 2 aromatic rings. The Labute approximate surface area is 200 Å². The van der Waals surface area contributed by atoms with Crippen molar-refractivity contribution >= 4 is 33.2 Å². The normalized spacial score (nSPS) is 15.5. The minimum absolute atomic E-state index is 0.112. The van der Waals surface area contributed by atoms with Crippen LogP contribution in [0.1, 0.15) is 45.6 Å². The summed E-state index contributed by atoms with van der Waals surface area (Å²) in [6, 6.07) is 5.45. The average molecular weight is 495 g/mol. The Morgan fingerprint density at radius 2 is 1.85 bits per heavy atom. The van der Waals surface area contributed by atoms with E-state index in [4.69, 9.17) is 11.6 Å². The molecule has 0 bridgehead atoms. The van der Waals surface area contributed by atoms with Crippen molar-refractivity contribution in [3.63, 3.8) is 0 Å². The molecule has 1 aromatic carbocycles. The van der Waals surface area contributed by atoms with Crippen molar-refractivity contribution in [2.45, 2.75) is 46.2 Å². The number of amides is 1. The maximum absolute atomic E-state index is 13.0. The van der Waals surface area contributed by atoms with Crippen LogP contribution < -0.4 is 15.8 Å². The predicted octanol–water partition coefficient (Wildman–Crippen LogP) is 2.74. The summed E-state index contributed by atoms with van der Waals surface area (Å²) in [6.07, 6.45) is 2.61. The molecular weight excluding hydrogens is 464 g/mol. The standard InChI is InChI=1S/C23H31ClN4O4S/c1-14-10-15(2)26-23(30)20(14)13-25-22(29)19-11-17(24)12-21(16(19)3)27(4)18-6-8-28(9-7-18)33(5,31)32/h10-12,18H,6-9,13H2,1-5H3,(H,25,29)(H,26,30). The number of piperidine rings is 1. The van der Waals surface area contributed by atoms with Crippen LogP contribution in [0.2, 0.25) is 5.02 Å². The first-order chi connectivity index (χ1) is 15.4. The fourth-order valence-electron chi connectivity index (χ4n) is 4.39. The number of pyridine rings is 1. The van der Waals surface area contributed by atoms with Crippen LogP contribution in [0.3, 0.4) is 0 Å². The SMILES string of the molecule is Cc1cc(C)c(CNC(=O)c2cc(Cl)cc(N(C)C3CCN(S(C)(=O)=O)CC3)c2C)c(=O)[nH]1. The summed E-state index contributed by atoms with van der Waals surface area (Å²) >= 11 is 6.37. The number of sulfonamides is 1. The molecule has 0 radical (unpaired) electrons. The number of H-pyrrole nitrogens is 1. The summed E-state index contributed by atoms with van der Waals surface area (Å²) in [4.78, 5) is 30.1. The van der Waals surface area contributed by atoms with Gasteiger partial charge in [0, 0.05) is 60.3 Å². The summed E-state index contributed by atoms with van der Waals surface area (Å²) in [7, 11) is -1.25. The third kappa shape index (κ3) is 5.77. The first-order valence-electron chi connectivity index (χ1n) is 10.8. The molecule has 1 amide bonds. The maximum atomic E-state index is 13.0. The van der Waals surface area contributed by atoms with Crippen molar-refractivity contribution in [1.29, 1.82) is 0 Å². The zero-order valence-corrected chi connectivity index (χ0v) is 21.2. The van der Waals surface area contributed by atoms with E-state index < -0.39 is 10.0 Å². The highest BCUT2D eigenvalue weighted by molar-refractivity contribution is 7.88. The molecule has 10 heteroatoms. The van der Waals surface area contributed by atoms with E-state index in [1.165, 1.54) is 10.6 Å². The Morgan fingerprint density at radius 3 is 2.42 bits per heavy atom. The lowest BCUT2D eigenvalue weighted by Crippen LogP contribution is -2.45. The second kappa shape index (κ2) is 9.87. The molecule has 1 aliphatic rings. The second-order valence-corrected chi connectivity index (χ2v) is 11.1. The molecule has 8 nitrogen and oxygen atoms in total. The van der Waals surface area contributed by atoms with Crippen LogP contribution in [-0.2, 0) is 16.6 Å². The number of aryl methyl sites for hydroxylation is 2. The van der Waals surface area contributed by atoms with Gasteiger partial charge in [-0.3, -0.25) is 9.59 Å². The monoisotopic (exact) mass is 494 g/mol. The Kier molecular flexibility index (Phi) is 7.55. The van der Waals surface area contributed by atoms with Crippen molar-refractivity contribution in [2.75, 3.05) is 31.3 Å². The molecule has 0 spiro atoms. The molecule has 1 saturated heterocycles. The van der Waals surface area contributed by atoms with Gasteiger partial charge in [0.1, 0.15) is 0 Å². The van der Waals surface area contributed by atoms with E-state index in [1.54, 1.807) is 6.07 Å². The number of benzene rings is 1. The molecule has 3 rings (SSSR count). The van der Waals surface area contributed by atoms with Crippen LogP contribution >= 0.6 is 11.6 Å². The molecule has 2 N–H and O–H groups in total. The summed E-state index contributed by atoms with van der Waals surface area (Å²) in [5, 5.41) is 3.28. The van der Waals surface area contributed by atoms with Crippen LogP contribution in [0.4, 0.5) is 5.69 Å². The molecule has 0 aliphatic carbocycles. The first kappa shape index (κ1) is 25.3. The molecule has 2 heterocycles. The number of carbonyl (C=O) groups is 1. The van der Waals surface area contributed by atoms with Crippen molar-refractivity contribution in [3.05, 3.63) is 61.5 Å². The number of carbonyl (C=O) groups excluding carboxylic acids is 1. The van der Waals surface area contributed by atoms with Gasteiger partial charge in [-0.25, -0.2) is 12.7 Å². The molecule has 1 fully saturated rings. The topological polar surface area (TPSA) is 103 Å². The Hall–Kier alpha value is -2.36. The third-order valence-corrected chi connectivity index (χ3v) is 7.85. The van der Waals surface area contributed by atoms with Gasteiger partial charge in [0.25, 0.3) is 11.5 Å². The number of anilines is 1. The lowest BCUT2D eigenvalue weighted by molar-refractivity contribution is 0.0950. The van der Waals surface area contributed by atoms with Crippen LogP contribution in [0.15, 0.2) is 23.0 Å². The van der Waals surface area contributed by atoms with Gasteiger partial charge in [0.05, 0.1) is 6.26 Å². The molecule has 1 aromatic heterocycles. The van der Waals surface area contributed by atoms with Crippen LogP contribution in [0.5, 0.6) is 0 Å². The van der Waals surface area contributed by atoms with Crippen molar-refractivity contribution in [2.24, 2.45) is 0 Å². The maximum Gasteiger partial charge on any atom is 0.253 e. The van der Waals surface area contributed by atoms with Crippen molar-refractivity contribution < 1.29 is 13.2 Å². The summed E-state index contributed by atoms with van der Waals surface area (Å²) in [6.45, 7) is 6.57. The van der Waals surface area contributed by atoms with E-state index in [-0.39, 0.29) is 24.1 Å². The quantitative estimate of drug-likeness (QED) is 0.642. The molecule has 33 heavy (non-hydrogen) atoms. The van der Waals surface area contributed by atoms with Crippen LogP contribution in [0.25, 0.3) is 0 Å². The zero-order chi connectivity index (χ0) is 24.5. The van der Waals surface area contributed by atoms with E-state index in [0.717, 1.165) is 22.5 Å². The minimum Gasteiger partial charge on any atom is -0.371 e. The lowest BCUT2D eigenvalue weighted by Gasteiger charge is -2.37. The highest BCUT2D eigenvalue weighted by atomic mass is 35.5. The van der Waals surface area contributed by atoms with Crippen LogP contribution in [-0.4, -0.2) is 56.0 Å². The smallest absolute Gasteiger partial charge is 0.253 e. The van der Waals surface area contributed by atoms with E-state index >= 15 is 0 Å². The number of nitrogens with one attached hydrogen (secondary N) is 2. The van der Waals surface area contributed by atoms with Gasteiger partial charge in [0.2, 0.25) is 10.0 Å². The number of halogens is 1. The van der Waals surface area contributed by atoms with Crippen molar-refractivity contribution in [1.82, 2.24) is 14.6 Å². The highest BCUT2D eigenvalue weighted by Crippen LogP contribution is 2.31. The van der Waals surface area contributed by atoms with Gasteiger partial charge in [-0.15, -0.1) is 0 Å². The minimum atomic E-state index is -3.19. The summed E-state index contributed by atoms with van der Waals surface area (Å²) < 4.78 is 25.1. The van der Waals surface area contributed by atoms with E-state index in [9.17, 15) is 18.0 Å².